The van der Waals surface area contributed by atoms with E-state index in [0.717, 1.165) is 12.1 Å². The molecule has 0 aliphatic carbocycles. The van der Waals surface area contributed by atoms with Gasteiger partial charge in [0.1, 0.15) is 12.4 Å². The average molecular weight is 329 g/mol. The number of hydrogen-bond acceptors (Lipinski definition) is 3. The maximum absolute atomic E-state index is 12.9. The van der Waals surface area contributed by atoms with Crippen LogP contribution in [0.3, 0.4) is 0 Å². The smallest absolute Gasteiger partial charge is 0.315 e. The maximum atomic E-state index is 12.9. The highest BCUT2D eigenvalue weighted by Gasteiger charge is 2.06. The maximum Gasteiger partial charge on any atom is 0.315 e. The minimum atomic E-state index is -0.999. The lowest BCUT2D eigenvalue weighted by molar-refractivity contribution is -0.120. The second-order valence-electron chi connectivity index (χ2n) is 5.23. The van der Waals surface area contributed by atoms with Crippen molar-refractivity contribution in [2.45, 2.75) is 13.8 Å². The first-order valence-corrected chi connectivity index (χ1v) is 7.24. The number of nitrogens with one attached hydrogen (secondary N) is 3. The van der Waals surface area contributed by atoms with E-state index in [1.165, 1.54) is 6.07 Å². The molecule has 0 aliphatic rings. The van der Waals surface area contributed by atoms with E-state index in [0.29, 0.717) is 12.5 Å². The summed E-state index contributed by atoms with van der Waals surface area (Å²) >= 11 is 0. The highest BCUT2D eigenvalue weighted by Crippen LogP contribution is 2.14. The fourth-order valence-electron chi connectivity index (χ4n) is 1.50. The summed E-state index contributed by atoms with van der Waals surface area (Å²) in [7, 11) is 0. The molecular weight excluding hydrogens is 308 g/mol. The molecule has 128 valence electrons. The Morgan fingerprint density at radius 1 is 1.13 bits per heavy atom. The molecule has 0 radical (unpaired) electrons. The molecule has 0 spiro atoms. The number of rotatable bonds is 8. The van der Waals surface area contributed by atoms with Crippen LogP contribution in [0.15, 0.2) is 18.2 Å². The number of amides is 3. The second-order valence-corrected chi connectivity index (χ2v) is 5.23. The van der Waals surface area contributed by atoms with Gasteiger partial charge < -0.3 is 20.7 Å². The van der Waals surface area contributed by atoms with Gasteiger partial charge in [-0.3, -0.25) is 4.79 Å². The van der Waals surface area contributed by atoms with Crippen molar-refractivity contribution in [3.8, 4) is 5.75 Å². The molecule has 8 heteroatoms. The number of benzene rings is 1. The van der Waals surface area contributed by atoms with Crippen molar-refractivity contribution in [3.05, 3.63) is 29.8 Å². The monoisotopic (exact) mass is 329 g/mol. The van der Waals surface area contributed by atoms with Crippen molar-refractivity contribution in [2.75, 3.05) is 26.2 Å². The van der Waals surface area contributed by atoms with Crippen LogP contribution in [0.25, 0.3) is 0 Å². The molecule has 1 aromatic carbocycles. The van der Waals surface area contributed by atoms with Gasteiger partial charge in [-0.05, 0) is 18.1 Å². The number of carbonyl (C=O) groups is 2. The first-order chi connectivity index (χ1) is 10.9. The topological polar surface area (TPSA) is 79.5 Å². The zero-order valence-corrected chi connectivity index (χ0v) is 13.1. The van der Waals surface area contributed by atoms with Crippen LogP contribution in [0.1, 0.15) is 13.8 Å². The van der Waals surface area contributed by atoms with Crippen LogP contribution >= 0.6 is 0 Å². The Kier molecular flexibility index (Phi) is 7.79. The third kappa shape index (κ3) is 7.98. The van der Waals surface area contributed by atoms with Gasteiger partial charge in [-0.15, -0.1) is 0 Å². The predicted molar refractivity (Wildman–Crippen MR) is 81.1 cm³/mol. The lowest BCUT2D eigenvalue weighted by Gasteiger charge is -2.10. The van der Waals surface area contributed by atoms with E-state index in [4.69, 9.17) is 4.74 Å². The van der Waals surface area contributed by atoms with Crippen LogP contribution in [0.4, 0.5) is 13.6 Å². The number of carbonyl (C=O) groups excluding carboxylic acids is 2. The average Bonchev–Trinajstić information content (AvgIpc) is 2.50. The molecule has 0 atom stereocenters. The van der Waals surface area contributed by atoms with Crippen LogP contribution < -0.4 is 20.7 Å². The van der Waals surface area contributed by atoms with Gasteiger partial charge in [0, 0.05) is 12.6 Å². The molecule has 23 heavy (non-hydrogen) atoms. The van der Waals surface area contributed by atoms with E-state index in [1.54, 1.807) is 0 Å². The quantitative estimate of drug-likeness (QED) is 0.631. The summed E-state index contributed by atoms with van der Waals surface area (Å²) in [5.41, 5.74) is 0. The Balaban J connectivity index is 2.14. The molecule has 0 saturated carbocycles. The minimum Gasteiger partial charge on any atom is -0.492 e. The van der Waals surface area contributed by atoms with Gasteiger partial charge >= 0.3 is 6.03 Å². The normalized spacial score (nSPS) is 10.3. The molecule has 3 N–H and O–H groups in total. The first kappa shape index (κ1) is 18.7. The van der Waals surface area contributed by atoms with Crippen molar-refractivity contribution in [3.63, 3.8) is 0 Å². The highest BCUT2D eigenvalue weighted by molar-refractivity contribution is 5.83. The van der Waals surface area contributed by atoms with Gasteiger partial charge in [0.05, 0.1) is 13.1 Å². The predicted octanol–water partition coefficient (Wildman–Crippen LogP) is 1.41. The van der Waals surface area contributed by atoms with Crippen LogP contribution in [-0.4, -0.2) is 38.2 Å². The summed E-state index contributed by atoms with van der Waals surface area (Å²) in [4.78, 5) is 22.8. The first-order valence-electron chi connectivity index (χ1n) is 7.24. The van der Waals surface area contributed by atoms with Gasteiger partial charge in [-0.2, -0.15) is 0 Å². The van der Waals surface area contributed by atoms with Crippen LogP contribution in [0.2, 0.25) is 0 Å². The lowest BCUT2D eigenvalue weighted by Crippen LogP contribution is -2.43. The van der Waals surface area contributed by atoms with Gasteiger partial charge in [0.15, 0.2) is 11.6 Å². The molecule has 1 rings (SSSR count). The van der Waals surface area contributed by atoms with Gasteiger partial charge in [-0.1, -0.05) is 13.8 Å². The number of ether oxygens (including phenoxy) is 1. The Labute approximate surface area is 133 Å². The lowest BCUT2D eigenvalue weighted by atomic mass is 10.2. The fraction of sp³-hybridized carbons (Fsp3) is 0.467. The molecule has 1 aromatic rings. The summed E-state index contributed by atoms with van der Waals surface area (Å²) in [6.45, 7) is 4.59. The van der Waals surface area contributed by atoms with Crippen LogP contribution in [-0.2, 0) is 4.79 Å². The molecule has 0 bridgehead atoms. The number of hydrogen-bond donors (Lipinski definition) is 3. The zero-order valence-electron chi connectivity index (χ0n) is 13.1. The van der Waals surface area contributed by atoms with Crippen molar-refractivity contribution in [1.29, 1.82) is 0 Å². The van der Waals surface area contributed by atoms with E-state index in [9.17, 15) is 18.4 Å². The Hall–Kier alpha value is -2.38. The van der Waals surface area contributed by atoms with Crippen molar-refractivity contribution >= 4 is 11.9 Å². The van der Waals surface area contributed by atoms with Gasteiger partial charge in [0.2, 0.25) is 5.91 Å². The van der Waals surface area contributed by atoms with E-state index in [-0.39, 0.29) is 31.4 Å². The molecule has 0 unspecified atom stereocenters. The van der Waals surface area contributed by atoms with Gasteiger partial charge in [-0.25, -0.2) is 13.6 Å². The number of urea groups is 1. The summed E-state index contributed by atoms with van der Waals surface area (Å²) < 4.78 is 30.8. The van der Waals surface area contributed by atoms with E-state index in [1.807, 2.05) is 13.8 Å². The number of halogens is 2. The fourth-order valence-corrected chi connectivity index (χ4v) is 1.50. The third-order valence-corrected chi connectivity index (χ3v) is 2.66. The molecular formula is C15H21F2N3O3. The minimum absolute atomic E-state index is 0.0814. The zero-order chi connectivity index (χ0) is 17.2. The standard InChI is InChI=1S/C15H21F2N3O3/c1-10(2)8-19-14(21)9-20-15(22)18-5-6-23-11-3-4-12(16)13(17)7-11/h3-4,7,10H,5-6,8-9H2,1-2H3,(H,19,21)(H2,18,20,22). The van der Waals surface area contributed by atoms with E-state index >= 15 is 0 Å². The van der Waals surface area contributed by atoms with Gasteiger partial charge in [0.25, 0.3) is 0 Å². The Bertz CT molecular complexity index is 539. The van der Waals surface area contributed by atoms with Crippen LogP contribution in [0.5, 0.6) is 5.75 Å². The molecule has 6 nitrogen and oxygen atoms in total. The SMILES string of the molecule is CC(C)CNC(=O)CNC(=O)NCCOc1ccc(F)c(F)c1. The van der Waals surface area contributed by atoms with E-state index < -0.39 is 17.7 Å². The highest BCUT2D eigenvalue weighted by atomic mass is 19.2. The third-order valence-electron chi connectivity index (χ3n) is 2.66. The van der Waals surface area contributed by atoms with Crippen LogP contribution in [0, 0.1) is 17.6 Å². The Morgan fingerprint density at radius 2 is 1.87 bits per heavy atom. The largest absolute Gasteiger partial charge is 0.492 e. The molecule has 0 aromatic heterocycles. The van der Waals surface area contributed by atoms with Crippen molar-refractivity contribution in [1.82, 2.24) is 16.0 Å². The second kappa shape index (κ2) is 9.60. The molecule has 0 fully saturated rings. The molecule has 0 heterocycles. The Morgan fingerprint density at radius 3 is 2.52 bits per heavy atom. The molecule has 3 amide bonds. The van der Waals surface area contributed by atoms with E-state index in [2.05, 4.69) is 16.0 Å². The summed E-state index contributed by atoms with van der Waals surface area (Å²) in [6.07, 6.45) is 0. The molecule has 0 aliphatic heterocycles. The van der Waals surface area contributed by atoms with Crippen molar-refractivity contribution in [2.24, 2.45) is 5.92 Å². The summed E-state index contributed by atoms with van der Waals surface area (Å²) in [5, 5.41) is 7.53. The van der Waals surface area contributed by atoms with Crippen molar-refractivity contribution < 1.29 is 23.1 Å². The summed E-state index contributed by atoms with van der Waals surface area (Å²) in [6, 6.07) is 2.66. The summed E-state index contributed by atoms with van der Waals surface area (Å²) in [5.74, 6) is -1.72. The molecule has 0 saturated heterocycles.